The number of halogens is 6. The third-order valence-corrected chi connectivity index (χ3v) is 6.43. The molecule has 3 nitrogen and oxygen atoms in total. The lowest BCUT2D eigenvalue weighted by Gasteiger charge is -2.36. The van der Waals surface area contributed by atoms with Crippen LogP contribution in [0.3, 0.4) is 0 Å². The Bertz CT molecular complexity index is 674. The fourth-order valence-electron chi connectivity index (χ4n) is 4.48. The highest BCUT2D eigenvalue weighted by Gasteiger charge is 2.39. The highest BCUT2D eigenvalue weighted by atomic mass is 19.4. The number of ether oxygens (including phenoxy) is 3. The van der Waals surface area contributed by atoms with Gasteiger partial charge in [-0.2, -0.15) is 26.3 Å². The topological polar surface area (TPSA) is 27.7 Å². The molecule has 0 N–H and O–H groups in total. The summed E-state index contributed by atoms with van der Waals surface area (Å²) in [4.78, 5) is 0. The van der Waals surface area contributed by atoms with Crippen molar-refractivity contribution in [2.24, 2.45) is 5.92 Å². The minimum Gasteiger partial charge on any atom is -0.331 e. The highest BCUT2D eigenvalue weighted by molar-refractivity contribution is 5.33. The van der Waals surface area contributed by atoms with Crippen molar-refractivity contribution in [1.29, 1.82) is 0 Å². The molecule has 1 aromatic carbocycles. The van der Waals surface area contributed by atoms with Gasteiger partial charge in [-0.15, -0.1) is 0 Å². The van der Waals surface area contributed by atoms with Gasteiger partial charge in [0.1, 0.15) is 0 Å². The lowest BCUT2D eigenvalue weighted by molar-refractivity contribution is -0.380. The van der Waals surface area contributed by atoms with Crippen LogP contribution in [0.25, 0.3) is 0 Å². The Labute approximate surface area is 205 Å². The Balaban J connectivity index is 2.71. The van der Waals surface area contributed by atoms with E-state index >= 15 is 0 Å². The van der Waals surface area contributed by atoms with Crippen LogP contribution >= 0.6 is 0 Å². The Morgan fingerprint density at radius 2 is 1.06 bits per heavy atom. The number of unbranched alkanes of at least 4 members (excludes halogenated alkanes) is 7. The Morgan fingerprint density at radius 1 is 0.629 bits per heavy atom. The van der Waals surface area contributed by atoms with Crippen molar-refractivity contribution in [1.82, 2.24) is 0 Å². The standard InChI is InChI=1S/C26H40F6O3/c1-5-6-7-8-9-12-15-21(26(33-2,34-3)35-4)16-13-10-11-14-20-17-22(24(27,28)29)19-23(18-20)25(30,31)32/h17-19,21H,5-16H2,1-4H3. The van der Waals surface area contributed by atoms with Crippen LogP contribution in [0.4, 0.5) is 26.3 Å². The van der Waals surface area contributed by atoms with E-state index in [-0.39, 0.29) is 24.0 Å². The molecule has 1 aromatic rings. The van der Waals surface area contributed by atoms with Gasteiger partial charge in [0, 0.05) is 27.2 Å². The summed E-state index contributed by atoms with van der Waals surface area (Å²) in [5.74, 6) is -1.22. The molecule has 0 saturated heterocycles. The lowest BCUT2D eigenvalue weighted by atomic mass is 9.91. The van der Waals surface area contributed by atoms with Gasteiger partial charge in [-0.1, -0.05) is 58.3 Å². The van der Waals surface area contributed by atoms with Gasteiger partial charge in [0.05, 0.1) is 11.1 Å². The molecule has 204 valence electrons. The van der Waals surface area contributed by atoms with Crippen molar-refractivity contribution in [2.75, 3.05) is 21.3 Å². The van der Waals surface area contributed by atoms with Crippen molar-refractivity contribution >= 4 is 0 Å². The first-order chi connectivity index (χ1) is 16.4. The maximum Gasteiger partial charge on any atom is 0.416 e. The Hall–Kier alpha value is -1.32. The van der Waals surface area contributed by atoms with Gasteiger partial charge in [-0.25, -0.2) is 0 Å². The largest absolute Gasteiger partial charge is 0.416 e. The van der Waals surface area contributed by atoms with Crippen LogP contribution < -0.4 is 0 Å². The second kappa shape index (κ2) is 15.1. The molecule has 9 heteroatoms. The summed E-state index contributed by atoms with van der Waals surface area (Å²) in [5, 5.41) is 0. The van der Waals surface area contributed by atoms with Crippen LogP contribution in [0.5, 0.6) is 0 Å². The number of alkyl halides is 6. The minimum atomic E-state index is -4.83. The molecule has 1 rings (SSSR count). The first-order valence-corrected chi connectivity index (χ1v) is 12.4. The molecule has 0 aliphatic rings. The van der Waals surface area contributed by atoms with Gasteiger partial charge >= 0.3 is 12.4 Å². The number of benzene rings is 1. The van der Waals surface area contributed by atoms with E-state index in [1.54, 1.807) is 0 Å². The van der Waals surface area contributed by atoms with E-state index in [1.807, 2.05) is 0 Å². The molecule has 0 heterocycles. The zero-order valence-corrected chi connectivity index (χ0v) is 21.3. The zero-order valence-electron chi connectivity index (χ0n) is 21.3. The van der Waals surface area contributed by atoms with Crippen LogP contribution in [-0.4, -0.2) is 27.3 Å². The normalized spacial score (nSPS) is 13.9. The Morgan fingerprint density at radius 3 is 1.49 bits per heavy atom. The predicted octanol–water partition coefficient (Wildman–Crippen LogP) is 8.79. The average Bonchev–Trinajstić information content (AvgIpc) is 2.80. The first-order valence-electron chi connectivity index (χ1n) is 12.4. The maximum atomic E-state index is 13.1. The van der Waals surface area contributed by atoms with E-state index in [0.717, 1.165) is 44.2 Å². The molecule has 0 aliphatic heterocycles. The predicted molar refractivity (Wildman–Crippen MR) is 124 cm³/mol. The van der Waals surface area contributed by atoms with E-state index in [1.165, 1.54) is 40.6 Å². The SMILES string of the molecule is CCCCCCCCC(CCCCCc1cc(C(F)(F)F)cc(C(F)(F)F)c1)C(OC)(OC)OC. The second-order valence-electron chi connectivity index (χ2n) is 8.98. The van der Waals surface area contributed by atoms with Gasteiger partial charge in [-0.05, 0) is 49.4 Å². The molecule has 0 fully saturated rings. The van der Waals surface area contributed by atoms with Crippen LogP contribution in [0.15, 0.2) is 18.2 Å². The summed E-state index contributed by atoms with van der Waals surface area (Å²) in [5.41, 5.74) is -2.51. The van der Waals surface area contributed by atoms with E-state index < -0.39 is 29.5 Å². The van der Waals surface area contributed by atoms with Gasteiger partial charge in [0.15, 0.2) is 0 Å². The molecule has 0 spiro atoms. The number of methoxy groups -OCH3 is 3. The minimum absolute atomic E-state index is 0.0378. The van der Waals surface area contributed by atoms with Crippen molar-refractivity contribution in [2.45, 2.75) is 102 Å². The summed E-state index contributed by atoms with van der Waals surface area (Å²) in [6.07, 6.45) is 0.741. The number of rotatable bonds is 17. The van der Waals surface area contributed by atoms with Crippen LogP contribution in [0.1, 0.15) is 94.2 Å². The Kier molecular flexibility index (Phi) is 13.6. The highest BCUT2D eigenvalue weighted by Crippen LogP contribution is 2.37. The van der Waals surface area contributed by atoms with E-state index in [2.05, 4.69) is 6.92 Å². The molecule has 0 aromatic heterocycles. The number of hydrogen-bond donors (Lipinski definition) is 0. The number of hydrogen-bond acceptors (Lipinski definition) is 3. The number of aryl methyl sites for hydroxylation is 1. The van der Waals surface area contributed by atoms with Crippen LogP contribution in [0, 0.1) is 5.92 Å². The van der Waals surface area contributed by atoms with Crippen molar-refractivity contribution in [3.63, 3.8) is 0 Å². The summed E-state index contributed by atoms with van der Waals surface area (Å²) >= 11 is 0. The summed E-state index contributed by atoms with van der Waals surface area (Å²) in [6, 6.07) is 1.78. The maximum absolute atomic E-state index is 13.1. The van der Waals surface area contributed by atoms with Crippen molar-refractivity contribution in [3.05, 3.63) is 34.9 Å². The lowest BCUT2D eigenvalue weighted by Crippen LogP contribution is -2.44. The third-order valence-electron chi connectivity index (χ3n) is 6.43. The second-order valence-corrected chi connectivity index (χ2v) is 8.98. The van der Waals surface area contributed by atoms with E-state index in [0.29, 0.717) is 19.3 Å². The summed E-state index contributed by atoms with van der Waals surface area (Å²) in [6.45, 7) is 2.17. The quantitative estimate of drug-likeness (QED) is 0.118. The molecule has 1 unspecified atom stereocenters. The van der Waals surface area contributed by atoms with Crippen LogP contribution in [0.2, 0.25) is 0 Å². The van der Waals surface area contributed by atoms with Crippen molar-refractivity contribution in [3.8, 4) is 0 Å². The van der Waals surface area contributed by atoms with Gasteiger partial charge in [0.25, 0.3) is 5.97 Å². The smallest absolute Gasteiger partial charge is 0.331 e. The molecular weight excluding hydrogens is 474 g/mol. The van der Waals surface area contributed by atoms with E-state index in [4.69, 9.17) is 14.2 Å². The molecule has 0 saturated carbocycles. The van der Waals surface area contributed by atoms with Gasteiger partial charge in [-0.3, -0.25) is 0 Å². The fourth-order valence-corrected chi connectivity index (χ4v) is 4.48. The average molecular weight is 515 g/mol. The monoisotopic (exact) mass is 514 g/mol. The van der Waals surface area contributed by atoms with E-state index in [9.17, 15) is 26.3 Å². The summed E-state index contributed by atoms with van der Waals surface area (Å²) < 4.78 is 95.1. The molecule has 0 aliphatic carbocycles. The summed E-state index contributed by atoms with van der Waals surface area (Å²) in [7, 11) is 4.56. The third kappa shape index (κ3) is 10.7. The van der Waals surface area contributed by atoms with Crippen molar-refractivity contribution < 1.29 is 40.6 Å². The fraction of sp³-hybridized carbons (Fsp3) is 0.769. The molecule has 0 bridgehead atoms. The molecule has 0 amide bonds. The zero-order chi connectivity index (χ0) is 26.5. The molecule has 35 heavy (non-hydrogen) atoms. The molecule has 1 atom stereocenters. The molecular formula is C26H40F6O3. The van der Waals surface area contributed by atoms with Gasteiger partial charge < -0.3 is 14.2 Å². The first kappa shape index (κ1) is 31.7. The van der Waals surface area contributed by atoms with Crippen LogP contribution in [-0.2, 0) is 33.0 Å². The molecule has 0 radical (unpaired) electrons. The van der Waals surface area contributed by atoms with Gasteiger partial charge in [0.2, 0.25) is 0 Å².